The summed E-state index contributed by atoms with van der Waals surface area (Å²) in [7, 11) is 2.03. The maximum Gasteiger partial charge on any atom is 0.120 e. The second-order valence-electron chi connectivity index (χ2n) is 6.50. The van der Waals surface area contributed by atoms with E-state index in [1.807, 2.05) is 7.05 Å². The summed E-state index contributed by atoms with van der Waals surface area (Å²) in [5, 5.41) is 3.42. The summed E-state index contributed by atoms with van der Waals surface area (Å²) in [6.45, 7) is 6.84. The van der Waals surface area contributed by atoms with Crippen molar-refractivity contribution in [2.24, 2.45) is 5.41 Å². The largest absolute Gasteiger partial charge is 0.490 e. The van der Waals surface area contributed by atoms with Crippen LogP contribution in [0.4, 0.5) is 0 Å². The Morgan fingerprint density at radius 1 is 1.33 bits per heavy atom. The van der Waals surface area contributed by atoms with Gasteiger partial charge in [0.05, 0.1) is 6.10 Å². The molecule has 0 bridgehead atoms. The minimum Gasteiger partial charge on any atom is -0.490 e. The highest BCUT2D eigenvalue weighted by atomic mass is 16.5. The van der Waals surface area contributed by atoms with Crippen LogP contribution in [-0.4, -0.2) is 13.2 Å². The van der Waals surface area contributed by atoms with Gasteiger partial charge in [-0.05, 0) is 49.4 Å². The molecule has 18 heavy (non-hydrogen) atoms. The van der Waals surface area contributed by atoms with Crippen LogP contribution < -0.4 is 10.1 Å². The number of hydrogen-bond acceptors (Lipinski definition) is 2. The Bertz CT molecular complexity index is 390. The predicted octanol–water partition coefficient (Wildman–Crippen LogP) is 3.92. The van der Waals surface area contributed by atoms with Crippen molar-refractivity contribution in [1.29, 1.82) is 0 Å². The molecule has 0 radical (unpaired) electrons. The highest BCUT2D eigenvalue weighted by Gasteiger charge is 2.24. The van der Waals surface area contributed by atoms with Crippen LogP contribution in [0.1, 0.15) is 51.6 Å². The maximum atomic E-state index is 5.86. The fraction of sp³-hybridized carbons (Fsp3) is 0.625. The van der Waals surface area contributed by atoms with Crippen molar-refractivity contribution >= 4 is 0 Å². The van der Waals surface area contributed by atoms with Crippen LogP contribution in [0.25, 0.3) is 0 Å². The standard InChI is InChI=1S/C16H25NO/c1-16(2,3)11-15(17-4)12-6-5-7-14(10-12)18-13-8-9-13/h5-7,10,13,15,17H,8-9,11H2,1-4H3. The van der Waals surface area contributed by atoms with Gasteiger partial charge in [0.15, 0.2) is 0 Å². The summed E-state index contributed by atoms with van der Waals surface area (Å²) < 4.78 is 5.86. The Hall–Kier alpha value is -1.02. The van der Waals surface area contributed by atoms with Gasteiger partial charge in [0.1, 0.15) is 5.75 Å². The van der Waals surface area contributed by atoms with Gasteiger partial charge in [-0.2, -0.15) is 0 Å². The molecule has 100 valence electrons. The van der Waals surface area contributed by atoms with Crippen LogP contribution in [0.3, 0.4) is 0 Å². The second kappa shape index (κ2) is 5.31. The van der Waals surface area contributed by atoms with Crippen molar-refractivity contribution in [3.05, 3.63) is 29.8 Å². The van der Waals surface area contributed by atoms with E-state index in [1.165, 1.54) is 18.4 Å². The summed E-state index contributed by atoms with van der Waals surface area (Å²) in [4.78, 5) is 0. The van der Waals surface area contributed by atoms with Gasteiger partial charge < -0.3 is 10.1 Å². The van der Waals surface area contributed by atoms with E-state index < -0.39 is 0 Å². The quantitative estimate of drug-likeness (QED) is 0.851. The summed E-state index contributed by atoms with van der Waals surface area (Å²) in [6.07, 6.45) is 4.01. The van der Waals surface area contributed by atoms with Gasteiger partial charge in [-0.1, -0.05) is 32.9 Å². The highest BCUT2D eigenvalue weighted by Crippen LogP contribution is 2.32. The number of hydrogen-bond donors (Lipinski definition) is 1. The Morgan fingerprint density at radius 2 is 2.06 bits per heavy atom. The van der Waals surface area contributed by atoms with E-state index in [4.69, 9.17) is 4.74 Å². The Labute approximate surface area is 111 Å². The molecule has 1 aliphatic rings. The first-order valence-electron chi connectivity index (χ1n) is 6.92. The van der Waals surface area contributed by atoms with Crippen LogP contribution in [0.2, 0.25) is 0 Å². The Balaban J connectivity index is 2.08. The van der Waals surface area contributed by atoms with E-state index in [0.717, 1.165) is 12.2 Å². The highest BCUT2D eigenvalue weighted by molar-refractivity contribution is 5.31. The molecule has 0 spiro atoms. The molecule has 1 aliphatic carbocycles. The fourth-order valence-electron chi connectivity index (χ4n) is 2.18. The molecule has 0 heterocycles. The van der Waals surface area contributed by atoms with E-state index in [2.05, 4.69) is 50.4 Å². The lowest BCUT2D eigenvalue weighted by atomic mass is 9.85. The first kappa shape index (κ1) is 13.4. The molecule has 1 aromatic rings. The third-order valence-corrected chi connectivity index (χ3v) is 3.25. The molecule has 2 heteroatoms. The van der Waals surface area contributed by atoms with E-state index in [0.29, 0.717) is 17.6 Å². The van der Waals surface area contributed by atoms with E-state index in [9.17, 15) is 0 Å². The molecule has 1 fully saturated rings. The lowest BCUT2D eigenvalue weighted by molar-refractivity contribution is 0.299. The topological polar surface area (TPSA) is 21.3 Å². The minimum atomic E-state index is 0.320. The molecule has 0 aromatic heterocycles. The van der Waals surface area contributed by atoms with Gasteiger partial charge >= 0.3 is 0 Å². The second-order valence-corrected chi connectivity index (χ2v) is 6.50. The monoisotopic (exact) mass is 247 g/mol. The molecule has 1 atom stereocenters. The van der Waals surface area contributed by atoms with Crippen molar-refractivity contribution < 1.29 is 4.74 Å². The van der Waals surface area contributed by atoms with Gasteiger partial charge in [0.2, 0.25) is 0 Å². The number of rotatable bonds is 5. The fourth-order valence-corrected chi connectivity index (χ4v) is 2.18. The molecule has 2 nitrogen and oxygen atoms in total. The summed E-state index contributed by atoms with van der Waals surface area (Å²) in [6, 6.07) is 8.93. The normalized spacial score (nSPS) is 17.6. The lowest BCUT2D eigenvalue weighted by Crippen LogP contribution is -2.22. The van der Waals surface area contributed by atoms with Crippen LogP contribution in [0.5, 0.6) is 5.75 Å². The van der Waals surface area contributed by atoms with Gasteiger partial charge in [0.25, 0.3) is 0 Å². The van der Waals surface area contributed by atoms with Crippen molar-refractivity contribution in [3.8, 4) is 5.75 Å². The van der Waals surface area contributed by atoms with Gasteiger partial charge in [-0.15, -0.1) is 0 Å². The maximum absolute atomic E-state index is 5.86. The smallest absolute Gasteiger partial charge is 0.120 e. The van der Waals surface area contributed by atoms with Gasteiger partial charge in [0, 0.05) is 6.04 Å². The van der Waals surface area contributed by atoms with Gasteiger partial charge in [-0.3, -0.25) is 0 Å². The number of nitrogens with one attached hydrogen (secondary N) is 1. The van der Waals surface area contributed by atoms with Crippen LogP contribution in [0.15, 0.2) is 24.3 Å². The predicted molar refractivity (Wildman–Crippen MR) is 76.0 cm³/mol. The van der Waals surface area contributed by atoms with Crippen molar-refractivity contribution in [2.45, 2.75) is 52.2 Å². The molecule has 0 aliphatic heterocycles. The molecule has 1 N–H and O–H groups in total. The zero-order chi connectivity index (χ0) is 13.2. The Morgan fingerprint density at radius 3 is 2.61 bits per heavy atom. The first-order valence-corrected chi connectivity index (χ1v) is 6.92. The van der Waals surface area contributed by atoms with Crippen LogP contribution >= 0.6 is 0 Å². The molecular weight excluding hydrogens is 222 g/mol. The zero-order valence-corrected chi connectivity index (χ0v) is 12.0. The lowest BCUT2D eigenvalue weighted by Gasteiger charge is -2.26. The molecule has 1 saturated carbocycles. The minimum absolute atomic E-state index is 0.320. The molecule has 0 saturated heterocycles. The van der Waals surface area contributed by atoms with Gasteiger partial charge in [-0.25, -0.2) is 0 Å². The van der Waals surface area contributed by atoms with E-state index in [1.54, 1.807) is 0 Å². The van der Waals surface area contributed by atoms with Crippen LogP contribution in [-0.2, 0) is 0 Å². The summed E-state index contributed by atoms with van der Waals surface area (Å²) >= 11 is 0. The molecule has 2 rings (SSSR count). The molecular formula is C16H25NO. The SMILES string of the molecule is CNC(CC(C)(C)C)c1cccc(OC2CC2)c1. The molecule has 0 amide bonds. The van der Waals surface area contributed by atoms with Crippen molar-refractivity contribution in [3.63, 3.8) is 0 Å². The van der Waals surface area contributed by atoms with E-state index in [-0.39, 0.29) is 0 Å². The number of ether oxygens (including phenoxy) is 1. The van der Waals surface area contributed by atoms with E-state index >= 15 is 0 Å². The molecule has 1 aromatic carbocycles. The number of benzene rings is 1. The third-order valence-electron chi connectivity index (χ3n) is 3.25. The Kier molecular flexibility index (Phi) is 3.96. The zero-order valence-electron chi connectivity index (χ0n) is 12.0. The van der Waals surface area contributed by atoms with Crippen molar-refractivity contribution in [2.75, 3.05) is 7.05 Å². The summed E-state index contributed by atoms with van der Waals surface area (Å²) in [5.41, 5.74) is 1.65. The van der Waals surface area contributed by atoms with Crippen molar-refractivity contribution in [1.82, 2.24) is 5.32 Å². The molecule has 1 unspecified atom stereocenters. The average molecular weight is 247 g/mol. The van der Waals surface area contributed by atoms with Crippen LogP contribution in [0, 0.1) is 5.41 Å². The third kappa shape index (κ3) is 4.02. The summed E-state index contributed by atoms with van der Waals surface area (Å²) in [5.74, 6) is 1.02. The average Bonchev–Trinajstić information content (AvgIpc) is 3.09. The first-order chi connectivity index (χ1) is 8.48.